The third kappa shape index (κ3) is 50.8. The maximum Gasteiger partial charge on any atom is 0.472 e. The highest BCUT2D eigenvalue weighted by atomic mass is 31.2. The lowest BCUT2D eigenvalue weighted by Crippen LogP contribution is -2.45. The van der Waals surface area contributed by atoms with Gasteiger partial charge >= 0.3 is 7.82 Å². The van der Waals surface area contributed by atoms with Crippen molar-refractivity contribution in [2.24, 2.45) is 0 Å². The third-order valence-electron chi connectivity index (χ3n) is 13.2. The number of phosphoric acid groups is 1. The van der Waals surface area contributed by atoms with Crippen molar-refractivity contribution in [1.82, 2.24) is 5.32 Å². The van der Waals surface area contributed by atoms with Crippen LogP contribution in [0.1, 0.15) is 284 Å². The molecule has 0 fully saturated rings. The van der Waals surface area contributed by atoms with Crippen molar-refractivity contribution in [2.75, 3.05) is 40.9 Å². The van der Waals surface area contributed by atoms with Crippen molar-refractivity contribution >= 4 is 13.7 Å². The molecule has 0 aromatic heterocycles. The summed E-state index contributed by atoms with van der Waals surface area (Å²) in [5.41, 5.74) is 0. The van der Waals surface area contributed by atoms with E-state index in [4.69, 9.17) is 9.05 Å². The molecule has 1 amide bonds. The number of nitrogens with zero attached hydrogens (tertiary/aromatic N) is 1. The van der Waals surface area contributed by atoms with Gasteiger partial charge in [0, 0.05) is 6.42 Å². The van der Waals surface area contributed by atoms with Gasteiger partial charge < -0.3 is 19.8 Å². The van der Waals surface area contributed by atoms with Gasteiger partial charge in [-0.3, -0.25) is 13.8 Å². The molecule has 0 radical (unpaired) electrons. The van der Waals surface area contributed by atoms with Gasteiger partial charge in [-0.2, -0.15) is 0 Å². The Kier molecular flexibility index (Phi) is 48.2. The van der Waals surface area contributed by atoms with Crippen molar-refractivity contribution in [3.05, 3.63) is 24.3 Å². The first kappa shape index (κ1) is 65.0. The van der Waals surface area contributed by atoms with Crippen LogP contribution in [0.4, 0.5) is 0 Å². The molecule has 0 bridgehead atoms. The fourth-order valence-corrected chi connectivity index (χ4v) is 9.36. The van der Waals surface area contributed by atoms with Crippen LogP contribution in [0.5, 0.6) is 0 Å². The third-order valence-corrected chi connectivity index (χ3v) is 14.1. The topological polar surface area (TPSA) is 105 Å². The molecule has 3 atom stereocenters. The number of rotatable bonds is 53. The molecule has 0 aliphatic heterocycles. The largest absolute Gasteiger partial charge is 0.472 e. The predicted molar refractivity (Wildman–Crippen MR) is 286 cm³/mol. The first-order chi connectivity index (χ1) is 32.0. The smallest absolute Gasteiger partial charge is 0.387 e. The number of aliphatic hydroxyl groups excluding tert-OH is 1. The Morgan fingerprint density at radius 2 is 0.818 bits per heavy atom. The van der Waals surface area contributed by atoms with E-state index in [0.29, 0.717) is 17.4 Å². The minimum atomic E-state index is -4.33. The lowest BCUT2D eigenvalue weighted by molar-refractivity contribution is -0.870. The molecular formula is C57H114N2O6P+. The van der Waals surface area contributed by atoms with E-state index in [-0.39, 0.29) is 19.1 Å². The summed E-state index contributed by atoms with van der Waals surface area (Å²) < 4.78 is 23.6. The predicted octanol–water partition coefficient (Wildman–Crippen LogP) is 17.2. The number of allylic oxidation sites excluding steroid dienone is 3. The maximum absolute atomic E-state index is 12.9. The molecular weight excluding hydrogens is 840 g/mol. The second-order valence-corrected chi connectivity index (χ2v) is 22.5. The highest BCUT2D eigenvalue weighted by Crippen LogP contribution is 2.43. The van der Waals surface area contributed by atoms with Gasteiger partial charge in [-0.05, 0) is 44.9 Å². The summed E-state index contributed by atoms with van der Waals surface area (Å²) in [6, 6.07) is -0.841. The molecule has 0 spiro atoms. The van der Waals surface area contributed by atoms with E-state index in [1.165, 1.54) is 225 Å². The molecule has 0 rings (SSSR count). The average molecular weight is 955 g/mol. The van der Waals surface area contributed by atoms with Crippen molar-refractivity contribution in [1.29, 1.82) is 0 Å². The number of quaternary nitrogens is 1. The normalized spacial score (nSPS) is 14.1. The van der Waals surface area contributed by atoms with Crippen molar-refractivity contribution in [3.8, 4) is 0 Å². The maximum atomic E-state index is 12.9. The monoisotopic (exact) mass is 954 g/mol. The molecule has 0 heterocycles. The molecule has 9 heteroatoms. The average Bonchev–Trinajstić information content (AvgIpc) is 3.28. The molecule has 0 aliphatic rings. The number of carbonyl (C=O) groups excluding carboxylic acids is 1. The zero-order valence-corrected chi connectivity index (χ0v) is 45.6. The van der Waals surface area contributed by atoms with Crippen molar-refractivity contribution in [2.45, 2.75) is 296 Å². The van der Waals surface area contributed by atoms with E-state index in [1.54, 1.807) is 6.08 Å². The van der Waals surface area contributed by atoms with Crippen LogP contribution in [0.2, 0.25) is 0 Å². The molecule has 66 heavy (non-hydrogen) atoms. The van der Waals surface area contributed by atoms with Crippen LogP contribution in [0.3, 0.4) is 0 Å². The first-order valence-corrected chi connectivity index (χ1v) is 30.2. The standard InChI is InChI=1S/C57H113N2O6P/c1-6-8-10-12-14-16-17-18-19-20-21-22-23-24-25-26-27-28-29-30-31-32-33-34-35-36-37-38-39-40-41-43-45-47-49-51-57(61)58-55(54-65-66(62,63)64-53-52-59(3,4)5)56(60)50-48-46-44-42-15-13-11-9-7-2/h26-27,48,50,55-56,60H,6-25,28-47,49,51-54H2,1-5H3,(H-,58,61,62,63)/p+1/b27-26-,50-48+. The number of amides is 1. The first-order valence-electron chi connectivity index (χ1n) is 28.7. The minimum absolute atomic E-state index is 0.0632. The van der Waals surface area contributed by atoms with E-state index in [1.807, 2.05) is 27.2 Å². The molecule has 3 N–H and O–H groups in total. The van der Waals surface area contributed by atoms with Crippen LogP contribution in [0, 0.1) is 0 Å². The van der Waals surface area contributed by atoms with Crippen LogP contribution < -0.4 is 5.32 Å². The summed E-state index contributed by atoms with van der Waals surface area (Å²) in [5, 5.41) is 13.8. The number of nitrogens with one attached hydrogen (secondary N) is 1. The number of hydrogen-bond acceptors (Lipinski definition) is 5. The van der Waals surface area contributed by atoms with Crippen LogP contribution in [0.25, 0.3) is 0 Å². The van der Waals surface area contributed by atoms with Gasteiger partial charge in [0.25, 0.3) is 0 Å². The van der Waals surface area contributed by atoms with Crippen LogP contribution >= 0.6 is 7.82 Å². The number of unbranched alkanes of at least 4 members (excludes halogenated alkanes) is 38. The number of phosphoric ester groups is 1. The van der Waals surface area contributed by atoms with E-state index in [0.717, 1.165) is 38.5 Å². The van der Waals surface area contributed by atoms with Gasteiger partial charge in [0.15, 0.2) is 0 Å². The quantitative estimate of drug-likeness (QED) is 0.0243. The summed E-state index contributed by atoms with van der Waals surface area (Å²) in [6.07, 6.45) is 61.7. The molecule has 392 valence electrons. The van der Waals surface area contributed by atoms with Crippen LogP contribution in [0.15, 0.2) is 24.3 Å². The van der Waals surface area contributed by atoms with Gasteiger partial charge in [0.1, 0.15) is 13.2 Å². The highest BCUT2D eigenvalue weighted by Gasteiger charge is 2.27. The number of aliphatic hydroxyl groups is 1. The number of carbonyl (C=O) groups is 1. The fourth-order valence-electron chi connectivity index (χ4n) is 8.63. The number of likely N-dealkylation sites (N-methyl/N-ethyl adjacent to an activating group) is 1. The molecule has 3 unspecified atom stereocenters. The van der Waals surface area contributed by atoms with E-state index in [2.05, 4.69) is 31.3 Å². The van der Waals surface area contributed by atoms with E-state index in [9.17, 15) is 19.4 Å². The lowest BCUT2D eigenvalue weighted by atomic mass is 10.0. The molecule has 8 nitrogen and oxygen atoms in total. The summed E-state index contributed by atoms with van der Waals surface area (Å²) in [7, 11) is 1.58. The molecule has 0 aromatic rings. The SMILES string of the molecule is CCCCCCCCC/C=C/C(O)C(COP(=O)(O)OCC[N+](C)(C)C)NC(=O)CCCCCCCCCCCCCCCCCCC/C=C\CCCCCCCCCCCCCCCC. The van der Waals surface area contributed by atoms with Crippen LogP contribution in [-0.2, 0) is 18.4 Å². The fraction of sp³-hybridized carbons (Fsp3) is 0.912. The number of hydrogen-bond donors (Lipinski definition) is 3. The summed E-state index contributed by atoms with van der Waals surface area (Å²) in [5.74, 6) is -0.175. The Balaban J connectivity index is 3.86. The van der Waals surface area contributed by atoms with Gasteiger partial charge in [0.2, 0.25) is 5.91 Å². The Bertz CT molecular complexity index is 1130. The van der Waals surface area contributed by atoms with Gasteiger partial charge in [-0.1, -0.05) is 256 Å². The Morgan fingerprint density at radius 1 is 0.500 bits per heavy atom. The van der Waals surface area contributed by atoms with Crippen molar-refractivity contribution < 1.29 is 32.9 Å². The summed E-state index contributed by atoms with van der Waals surface area (Å²) in [4.78, 5) is 23.1. The molecule has 0 saturated carbocycles. The van der Waals surface area contributed by atoms with E-state index < -0.39 is 20.0 Å². The zero-order chi connectivity index (χ0) is 48.5. The van der Waals surface area contributed by atoms with Crippen LogP contribution in [-0.4, -0.2) is 73.4 Å². The lowest BCUT2D eigenvalue weighted by Gasteiger charge is -2.25. The Hall–Kier alpha value is -1.02. The van der Waals surface area contributed by atoms with Gasteiger partial charge in [-0.15, -0.1) is 0 Å². The van der Waals surface area contributed by atoms with Gasteiger partial charge in [-0.25, -0.2) is 4.57 Å². The molecule has 0 aromatic carbocycles. The highest BCUT2D eigenvalue weighted by molar-refractivity contribution is 7.47. The summed E-state index contributed by atoms with van der Waals surface area (Å²) >= 11 is 0. The van der Waals surface area contributed by atoms with Gasteiger partial charge in [0.05, 0.1) is 39.9 Å². The Morgan fingerprint density at radius 3 is 1.17 bits per heavy atom. The second kappa shape index (κ2) is 49.0. The van der Waals surface area contributed by atoms with E-state index >= 15 is 0 Å². The zero-order valence-electron chi connectivity index (χ0n) is 44.7. The molecule has 0 aliphatic carbocycles. The minimum Gasteiger partial charge on any atom is -0.387 e. The Labute approximate surface area is 411 Å². The van der Waals surface area contributed by atoms with Crippen molar-refractivity contribution in [3.63, 3.8) is 0 Å². The summed E-state index contributed by atoms with van der Waals surface area (Å²) in [6.45, 7) is 4.81. The second-order valence-electron chi connectivity index (χ2n) is 21.0. The molecule has 0 saturated heterocycles.